The van der Waals surface area contributed by atoms with Crippen LogP contribution in [0.5, 0.6) is 0 Å². The van der Waals surface area contributed by atoms with E-state index in [-0.39, 0.29) is 11.8 Å². The lowest BCUT2D eigenvalue weighted by Gasteiger charge is -2.31. The van der Waals surface area contributed by atoms with Gasteiger partial charge in [-0.05, 0) is 36.3 Å². The number of pyridine rings is 1. The van der Waals surface area contributed by atoms with E-state index in [2.05, 4.69) is 22.5 Å². The summed E-state index contributed by atoms with van der Waals surface area (Å²) >= 11 is 0. The Morgan fingerprint density at radius 3 is 2.25 bits per heavy atom. The Hall–Kier alpha value is -2.66. The van der Waals surface area contributed by atoms with Crippen LogP contribution >= 0.6 is 0 Å². The van der Waals surface area contributed by atoms with Crippen molar-refractivity contribution in [1.29, 1.82) is 0 Å². The number of hydrogen-bond acceptors (Lipinski definition) is 4. The number of carbonyl (C=O) groups excluding carboxylic acids is 1. The van der Waals surface area contributed by atoms with Gasteiger partial charge in [-0.3, -0.25) is 9.78 Å². The summed E-state index contributed by atoms with van der Waals surface area (Å²) in [7, 11) is 0. The molecule has 126 valence electrons. The van der Waals surface area contributed by atoms with Gasteiger partial charge in [-0.25, -0.2) is 0 Å². The van der Waals surface area contributed by atoms with Crippen LogP contribution < -0.4 is 16.4 Å². The molecule has 1 aliphatic heterocycles. The van der Waals surface area contributed by atoms with E-state index in [1.54, 1.807) is 12.4 Å². The van der Waals surface area contributed by atoms with Crippen LogP contribution in [0.4, 0.5) is 5.69 Å². The van der Waals surface area contributed by atoms with Gasteiger partial charge in [0.15, 0.2) is 0 Å². The van der Waals surface area contributed by atoms with Crippen molar-refractivity contribution in [1.82, 2.24) is 10.3 Å². The molecule has 0 bridgehead atoms. The Bertz CT molecular complexity index is 644. The zero-order valence-electron chi connectivity index (χ0n) is 14.1. The zero-order chi connectivity index (χ0) is 17.4. The van der Waals surface area contributed by atoms with Gasteiger partial charge in [-0.2, -0.15) is 0 Å². The third-order valence-electron chi connectivity index (χ3n) is 3.95. The Morgan fingerprint density at radius 2 is 1.75 bits per heavy atom. The molecule has 1 amide bonds. The van der Waals surface area contributed by atoms with Crippen LogP contribution in [0.2, 0.25) is 0 Å². The van der Waals surface area contributed by atoms with Crippen LogP contribution in [0.15, 0.2) is 72.3 Å². The van der Waals surface area contributed by atoms with Crippen LogP contribution in [0.1, 0.15) is 20.3 Å². The quantitative estimate of drug-likeness (QED) is 0.811. The summed E-state index contributed by atoms with van der Waals surface area (Å²) in [6, 6.07) is 15.0. The Balaban J connectivity index is 0.000000292. The van der Waals surface area contributed by atoms with Crippen molar-refractivity contribution in [3.05, 3.63) is 72.3 Å². The van der Waals surface area contributed by atoms with Gasteiger partial charge < -0.3 is 16.4 Å². The first-order valence-corrected chi connectivity index (χ1v) is 8.10. The van der Waals surface area contributed by atoms with E-state index < -0.39 is 6.04 Å². The van der Waals surface area contributed by atoms with E-state index in [0.29, 0.717) is 0 Å². The second-order valence-corrected chi connectivity index (χ2v) is 5.57. The molecule has 2 aromatic rings. The van der Waals surface area contributed by atoms with Crippen LogP contribution in [0, 0.1) is 5.92 Å². The highest BCUT2D eigenvalue weighted by atomic mass is 16.2. The molecular weight excluding hydrogens is 300 g/mol. The van der Waals surface area contributed by atoms with Crippen molar-refractivity contribution in [2.24, 2.45) is 11.7 Å². The summed E-state index contributed by atoms with van der Waals surface area (Å²) in [6.07, 6.45) is 4.37. The van der Waals surface area contributed by atoms with Gasteiger partial charge in [0.05, 0.1) is 6.04 Å². The molecule has 0 fully saturated rings. The minimum absolute atomic E-state index is 0.0648. The molecule has 2 atom stereocenters. The van der Waals surface area contributed by atoms with Crippen molar-refractivity contribution in [2.45, 2.75) is 26.3 Å². The van der Waals surface area contributed by atoms with Gasteiger partial charge in [-0.15, -0.1) is 0 Å². The first-order valence-electron chi connectivity index (χ1n) is 8.10. The number of nitrogens with one attached hydrogen (secondary N) is 2. The molecule has 2 unspecified atom stereocenters. The van der Waals surface area contributed by atoms with E-state index in [0.717, 1.165) is 23.5 Å². The third-order valence-corrected chi connectivity index (χ3v) is 3.95. The fourth-order valence-electron chi connectivity index (χ4n) is 2.55. The first kappa shape index (κ1) is 17.7. The second-order valence-electron chi connectivity index (χ2n) is 5.57. The van der Waals surface area contributed by atoms with Crippen molar-refractivity contribution >= 4 is 11.6 Å². The van der Waals surface area contributed by atoms with Crippen molar-refractivity contribution in [3.63, 3.8) is 0 Å². The van der Waals surface area contributed by atoms with Crippen molar-refractivity contribution in [2.75, 3.05) is 5.32 Å². The second kappa shape index (κ2) is 8.84. The molecule has 24 heavy (non-hydrogen) atoms. The predicted molar refractivity (Wildman–Crippen MR) is 96.9 cm³/mol. The van der Waals surface area contributed by atoms with Gasteiger partial charge >= 0.3 is 0 Å². The first-order chi connectivity index (χ1) is 11.6. The summed E-state index contributed by atoms with van der Waals surface area (Å²) < 4.78 is 0. The molecule has 1 aromatic heterocycles. The molecule has 1 aliphatic rings. The zero-order valence-corrected chi connectivity index (χ0v) is 14.1. The fraction of sp³-hybridized carbons (Fsp3) is 0.263. The maximum atomic E-state index is 11.8. The highest BCUT2D eigenvalue weighted by Crippen LogP contribution is 2.25. The molecule has 0 saturated heterocycles. The number of hydrogen-bond donors (Lipinski definition) is 3. The molecule has 0 radical (unpaired) electrons. The summed E-state index contributed by atoms with van der Waals surface area (Å²) in [4.78, 5) is 15.5. The van der Waals surface area contributed by atoms with Crippen molar-refractivity contribution in [3.8, 4) is 0 Å². The minimum Gasteiger partial charge on any atom is -0.342 e. The van der Waals surface area contributed by atoms with Crippen molar-refractivity contribution < 1.29 is 4.79 Å². The third kappa shape index (κ3) is 4.67. The lowest BCUT2D eigenvalue weighted by atomic mass is 9.88. The van der Waals surface area contributed by atoms with E-state index in [4.69, 9.17) is 5.73 Å². The van der Waals surface area contributed by atoms with E-state index in [9.17, 15) is 4.79 Å². The predicted octanol–water partition coefficient (Wildman–Crippen LogP) is 2.89. The van der Waals surface area contributed by atoms with Gasteiger partial charge in [0.25, 0.3) is 0 Å². The molecule has 5 heteroatoms. The van der Waals surface area contributed by atoms with Crippen LogP contribution in [-0.2, 0) is 4.79 Å². The number of benzene rings is 1. The van der Waals surface area contributed by atoms with Crippen LogP contribution in [-0.4, -0.2) is 16.9 Å². The summed E-state index contributed by atoms with van der Waals surface area (Å²) in [6.45, 7) is 4.07. The SMILES string of the molecule is CCC1=C(Nc2ccccc2)NC(=O)C(N)C1C.c1ccncc1. The lowest BCUT2D eigenvalue weighted by molar-refractivity contribution is -0.123. The number of rotatable bonds is 3. The largest absolute Gasteiger partial charge is 0.342 e. The average Bonchev–Trinajstić information content (AvgIpc) is 2.63. The molecule has 0 saturated carbocycles. The normalized spacial score (nSPS) is 19.9. The van der Waals surface area contributed by atoms with Crippen LogP contribution in [0.3, 0.4) is 0 Å². The van der Waals surface area contributed by atoms with E-state index in [1.165, 1.54) is 0 Å². The molecular formula is C19H24N4O. The number of anilines is 1. The summed E-state index contributed by atoms with van der Waals surface area (Å²) in [5.74, 6) is 0.719. The molecule has 0 spiro atoms. The highest BCUT2D eigenvalue weighted by molar-refractivity contribution is 5.86. The van der Waals surface area contributed by atoms with Gasteiger partial charge in [-0.1, -0.05) is 38.1 Å². The molecule has 4 N–H and O–H groups in total. The maximum Gasteiger partial charge on any atom is 0.242 e. The topological polar surface area (TPSA) is 80.0 Å². The number of para-hydroxylation sites is 1. The Labute approximate surface area is 143 Å². The van der Waals surface area contributed by atoms with Crippen LogP contribution in [0.25, 0.3) is 0 Å². The molecule has 5 nitrogen and oxygen atoms in total. The van der Waals surface area contributed by atoms with Gasteiger partial charge in [0.2, 0.25) is 5.91 Å². The van der Waals surface area contributed by atoms with E-state index in [1.807, 2.05) is 55.5 Å². The average molecular weight is 324 g/mol. The summed E-state index contributed by atoms with van der Waals surface area (Å²) in [5, 5.41) is 6.11. The highest BCUT2D eigenvalue weighted by Gasteiger charge is 2.31. The molecule has 0 aliphatic carbocycles. The van der Waals surface area contributed by atoms with Gasteiger partial charge in [0, 0.05) is 24.0 Å². The Morgan fingerprint density at radius 1 is 1.12 bits per heavy atom. The number of aromatic nitrogens is 1. The minimum atomic E-state index is -0.457. The number of nitrogens with zero attached hydrogens (tertiary/aromatic N) is 1. The number of nitrogens with two attached hydrogens (primary N) is 1. The fourth-order valence-corrected chi connectivity index (χ4v) is 2.55. The molecule has 2 heterocycles. The maximum absolute atomic E-state index is 11.8. The Kier molecular flexibility index (Phi) is 6.51. The lowest BCUT2D eigenvalue weighted by Crippen LogP contribution is -2.50. The molecule has 3 rings (SSSR count). The number of carbonyl (C=O) groups is 1. The monoisotopic (exact) mass is 324 g/mol. The smallest absolute Gasteiger partial charge is 0.242 e. The standard InChI is InChI=1S/C14H19N3O.C5H5N/c1-3-11-9(2)12(15)14(18)17-13(11)16-10-7-5-4-6-8-10;1-2-4-6-5-3-1/h4-9,12,16H,3,15H2,1-2H3,(H,17,18);1-5H. The van der Waals surface area contributed by atoms with Gasteiger partial charge in [0.1, 0.15) is 5.82 Å². The van der Waals surface area contributed by atoms with E-state index >= 15 is 0 Å². The number of amides is 1. The molecule has 1 aromatic carbocycles. The summed E-state index contributed by atoms with van der Waals surface area (Å²) in [5.41, 5.74) is 7.99.